The SMILES string of the molecule is COc1cc(OCc2ccc([N+](=O)[O-])c(N)c2)cc(C)n1. The van der Waals surface area contributed by atoms with Crippen LogP contribution in [0, 0.1) is 17.0 Å². The normalized spacial score (nSPS) is 10.2. The van der Waals surface area contributed by atoms with Crippen molar-refractivity contribution >= 4 is 11.4 Å². The molecule has 1 heterocycles. The Morgan fingerprint density at radius 3 is 2.71 bits per heavy atom. The van der Waals surface area contributed by atoms with Gasteiger partial charge in [-0.3, -0.25) is 10.1 Å². The van der Waals surface area contributed by atoms with Crippen LogP contribution in [0.4, 0.5) is 11.4 Å². The first-order valence-corrected chi connectivity index (χ1v) is 6.18. The maximum absolute atomic E-state index is 10.7. The van der Waals surface area contributed by atoms with Gasteiger partial charge in [-0.25, -0.2) is 4.98 Å². The zero-order valence-corrected chi connectivity index (χ0v) is 11.7. The van der Waals surface area contributed by atoms with Crippen LogP contribution in [0.25, 0.3) is 0 Å². The van der Waals surface area contributed by atoms with Crippen LogP contribution in [0.3, 0.4) is 0 Å². The topological polar surface area (TPSA) is 101 Å². The summed E-state index contributed by atoms with van der Waals surface area (Å²) in [6.07, 6.45) is 0. The summed E-state index contributed by atoms with van der Waals surface area (Å²) in [6.45, 7) is 2.08. The molecule has 0 aliphatic rings. The Morgan fingerprint density at radius 2 is 2.10 bits per heavy atom. The highest BCUT2D eigenvalue weighted by Gasteiger charge is 2.11. The second-order valence-corrected chi connectivity index (χ2v) is 4.43. The van der Waals surface area contributed by atoms with E-state index in [9.17, 15) is 10.1 Å². The molecule has 2 N–H and O–H groups in total. The molecule has 0 unspecified atom stereocenters. The summed E-state index contributed by atoms with van der Waals surface area (Å²) >= 11 is 0. The fourth-order valence-corrected chi connectivity index (χ4v) is 1.82. The first-order valence-electron chi connectivity index (χ1n) is 6.18. The minimum Gasteiger partial charge on any atom is -0.489 e. The number of pyridine rings is 1. The number of hydrogen-bond acceptors (Lipinski definition) is 6. The number of nitrogen functional groups attached to an aromatic ring is 1. The summed E-state index contributed by atoms with van der Waals surface area (Å²) < 4.78 is 10.7. The van der Waals surface area contributed by atoms with Crippen LogP contribution in [-0.2, 0) is 6.61 Å². The minimum absolute atomic E-state index is 0.111. The van der Waals surface area contributed by atoms with Gasteiger partial charge in [0.1, 0.15) is 18.0 Å². The van der Waals surface area contributed by atoms with Gasteiger partial charge in [0.15, 0.2) is 0 Å². The molecule has 110 valence electrons. The molecule has 0 aliphatic heterocycles. The van der Waals surface area contributed by atoms with Crippen LogP contribution in [-0.4, -0.2) is 17.0 Å². The van der Waals surface area contributed by atoms with E-state index in [1.54, 1.807) is 18.2 Å². The monoisotopic (exact) mass is 289 g/mol. The van der Waals surface area contributed by atoms with Crippen molar-refractivity contribution in [2.75, 3.05) is 12.8 Å². The molecule has 0 fully saturated rings. The molecule has 0 saturated carbocycles. The zero-order valence-electron chi connectivity index (χ0n) is 11.7. The summed E-state index contributed by atoms with van der Waals surface area (Å²) in [7, 11) is 1.53. The summed E-state index contributed by atoms with van der Waals surface area (Å²) in [5.41, 5.74) is 7.15. The largest absolute Gasteiger partial charge is 0.489 e. The summed E-state index contributed by atoms with van der Waals surface area (Å²) in [6, 6.07) is 7.95. The van der Waals surface area contributed by atoms with Crippen molar-refractivity contribution in [2.24, 2.45) is 0 Å². The molecular weight excluding hydrogens is 274 g/mol. The van der Waals surface area contributed by atoms with Crippen LogP contribution < -0.4 is 15.2 Å². The number of nitro benzene ring substituents is 1. The fraction of sp³-hybridized carbons (Fsp3) is 0.214. The average molecular weight is 289 g/mol. The number of nitrogens with two attached hydrogens (primary N) is 1. The number of ether oxygens (including phenoxy) is 2. The van der Waals surface area contributed by atoms with E-state index in [2.05, 4.69) is 4.98 Å². The number of rotatable bonds is 5. The van der Waals surface area contributed by atoms with Crippen molar-refractivity contribution in [1.29, 1.82) is 0 Å². The third-order valence-electron chi connectivity index (χ3n) is 2.81. The maximum atomic E-state index is 10.7. The van der Waals surface area contributed by atoms with Crippen molar-refractivity contribution < 1.29 is 14.4 Å². The predicted molar refractivity (Wildman–Crippen MR) is 77.4 cm³/mol. The molecule has 0 saturated heterocycles. The smallest absolute Gasteiger partial charge is 0.292 e. The van der Waals surface area contributed by atoms with E-state index >= 15 is 0 Å². The summed E-state index contributed by atoms with van der Waals surface area (Å²) in [5.74, 6) is 1.07. The van der Waals surface area contributed by atoms with Crippen LogP contribution in [0.15, 0.2) is 30.3 Å². The third-order valence-corrected chi connectivity index (χ3v) is 2.81. The number of aryl methyl sites for hydroxylation is 1. The number of nitrogens with zero attached hydrogens (tertiary/aromatic N) is 2. The molecule has 1 aromatic carbocycles. The Hall–Kier alpha value is -2.83. The first kappa shape index (κ1) is 14.6. The average Bonchev–Trinajstić information content (AvgIpc) is 2.44. The van der Waals surface area contributed by atoms with Gasteiger partial charge in [0.2, 0.25) is 5.88 Å². The lowest BCUT2D eigenvalue weighted by Crippen LogP contribution is -2.01. The van der Waals surface area contributed by atoms with Crippen molar-refractivity contribution in [3.63, 3.8) is 0 Å². The van der Waals surface area contributed by atoms with Gasteiger partial charge >= 0.3 is 0 Å². The number of hydrogen-bond donors (Lipinski definition) is 1. The number of aromatic nitrogens is 1. The van der Waals surface area contributed by atoms with E-state index in [0.717, 1.165) is 11.3 Å². The fourth-order valence-electron chi connectivity index (χ4n) is 1.82. The molecule has 7 nitrogen and oxygen atoms in total. The molecule has 1 aromatic heterocycles. The van der Waals surface area contributed by atoms with E-state index in [0.29, 0.717) is 11.6 Å². The second-order valence-electron chi connectivity index (χ2n) is 4.43. The zero-order chi connectivity index (χ0) is 15.4. The molecule has 2 aromatic rings. The molecule has 0 aliphatic carbocycles. The quantitative estimate of drug-likeness (QED) is 0.515. The predicted octanol–water partition coefficient (Wildman–Crippen LogP) is 2.47. The van der Waals surface area contributed by atoms with E-state index in [1.165, 1.54) is 19.2 Å². The summed E-state index contributed by atoms with van der Waals surface area (Å²) in [4.78, 5) is 14.3. The Bertz CT molecular complexity index is 673. The molecule has 0 atom stereocenters. The van der Waals surface area contributed by atoms with Gasteiger partial charge in [0.05, 0.1) is 12.0 Å². The number of anilines is 1. The molecule has 7 heteroatoms. The maximum Gasteiger partial charge on any atom is 0.292 e. The number of nitro groups is 1. The Labute approximate surface area is 121 Å². The van der Waals surface area contributed by atoms with Crippen molar-refractivity contribution in [1.82, 2.24) is 4.98 Å². The van der Waals surface area contributed by atoms with E-state index in [1.807, 2.05) is 6.92 Å². The van der Waals surface area contributed by atoms with Crippen LogP contribution in [0.5, 0.6) is 11.6 Å². The molecule has 0 amide bonds. The van der Waals surface area contributed by atoms with Gasteiger partial charge in [0.25, 0.3) is 5.69 Å². The first-order chi connectivity index (χ1) is 9.99. The Kier molecular flexibility index (Phi) is 4.22. The number of methoxy groups -OCH3 is 1. The van der Waals surface area contributed by atoms with Crippen LogP contribution in [0.2, 0.25) is 0 Å². The van der Waals surface area contributed by atoms with Crippen LogP contribution >= 0.6 is 0 Å². The van der Waals surface area contributed by atoms with Gasteiger partial charge in [-0.2, -0.15) is 0 Å². The third kappa shape index (κ3) is 3.59. The highest BCUT2D eigenvalue weighted by atomic mass is 16.6. The highest BCUT2D eigenvalue weighted by molar-refractivity contribution is 5.59. The lowest BCUT2D eigenvalue weighted by molar-refractivity contribution is -0.383. The van der Waals surface area contributed by atoms with E-state index < -0.39 is 4.92 Å². The molecular formula is C14H15N3O4. The van der Waals surface area contributed by atoms with E-state index in [-0.39, 0.29) is 18.0 Å². The minimum atomic E-state index is -0.517. The standard InChI is InChI=1S/C14H15N3O4/c1-9-5-11(7-14(16-9)20-2)21-8-10-3-4-13(17(18)19)12(15)6-10/h3-7H,8,15H2,1-2H3. The van der Waals surface area contributed by atoms with Gasteiger partial charge in [-0.05, 0) is 24.6 Å². The molecule has 21 heavy (non-hydrogen) atoms. The lowest BCUT2D eigenvalue weighted by atomic mass is 10.2. The van der Waals surface area contributed by atoms with Crippen molar-refractivity contribution in [3.05, 3.63) is 51.7 Å². The Morgan fingerprint density at radius 1 is 1.33 bits per heavy atom. The Balaban J connectivity index is 2.11. The van der Waals surface area contributed by atoms with Gasteiger partial charge in [-0.15, -0.1) is 0 Å². The van der Waals surface area contributed by atoms with Crippen molar-refractivity contribution in [2.45, 2.75) is 13.5 Å². The highest BCUT2D eigenvalue weighted by Crippen LogP contribution is 2.24. The molecule has 2 rings (SSSR count). The van der Waals surface area contributed by atoms with E-state index in [4.69, 9.17) is 15.2 Å². The van der Waals surface area contributed by atoms with Crippen LogP contribution in [0.1, 0.15) is 11.3 Å². The van der Waals surface area contributed by atoms with Gasteiger partial charge in [0, 0.05) is 23.9 Å². The molecule has 0 bridgehead atoms. The molecule has 0 spiro atoms. The molecule has 0 radical (unpaired) electrons. The van der Waals surface area contributed by atoms with Gasteiger partial charge < -0.3 is 15.2 Å². The second kappa shape index (κ2) is 6.08. The van der Waals surface area contributed by atoms with Crippen molar-refractivity contribution in [3.8, 4) is 11.6 Å². The lowest BCUT2D eigenvalue weighted by Gasteiger charge is -2.09. The van der Waals surface area contributed by atoms with Gasteiger partial charge in [-0.1, -0.05) is 0 Å². The summed E-state index contributed by atoms with van der Waals surface area (Å²) in [5, 5.41) is 10.7. The number of benzene rings is 1.